The first-order chi connectivity index (χ1) is 5.52. The summed E-state index contributed by atoms with van der Waals surface area (Å²) in [5.74, 6) is -4.40. The van der Waals surface area contributed by atoms with Gasteiger partial charge in [-0.15, -0.1) is 0 Å². The van der Waals surface area contributed by atoms with Crippen molar-refractivity contribution in [1.29, 1.82) is 0 Å². The van der Waals surface area contributed by atoms with E-state index in [4.69, 9.17) is 0 Å². The average molecular weight is 177 g/mol. The highest BCUT2D eigenvalue weighted by Gasteiger charge is 2.19. The van der Waals surface area contributed by atoms with E-state index in [1.165, 1.54) is 0 Å². The molecular weight excluding hydrogens is 175 g/mol. The molecule has 0 N–H and O–H groups in total. The molecule has 0 aliphatic carbocycles. The topological polar surface area (TPSA) is 43.1 Å². The van der Waals surface area contributed by atoms with E-state index < -0.39 is 28.1 Å². The van der Waals surface area contributed by atoms with Crippen LogP contribution in [0.4, 0.5) is 18.9 Å². The van der Waals surface area contributed by atoms with Gasteiger partial charge in [-0.25, -0.2) is 8.78 Å². The predicted molar refractivity (Wildman–Crippen MR) is 33.0 cm³/mol. The van der Waals surface area contributed by atoms with Crippen molar-refractivity contribution in [2.24, 2.45) is 0 Å². The number of nitro groups is 1. The Kier molecular flexibility index (Phi) is 1.99. The van der Waals surface area contributed by atoms with Crippen LogP contribution in [0, 0.1) is 27.6 Å². The molecule has 12 heavy (non-hydrogen) atoms. The molecule has 0 amide bonds. The number of benzene rings is 1. The highest BCUT2D eigenvalue weighted by atomic mass is 19.2. The van der Waals surface area contributed by atoms with E-state index in [0.29, 0.717) is 6.07 Å². The summed E-state index contributed by atoms with van der Waals surface area (Å²) < 4.78 is 37.0. The van der Waals surface area contributed by atoms with E-state index in [1.54, 1.807) is 0 Å². The second-order valence-corrected chi connectivity index (χ2v) is 1.98. The van der Waals surface area contributed by atoms with Gasteiger partial charge in [0, 0.05) is 6.07 Å². The maximum Gasteiger partial charge on any atom is 0.310 e. The van der Waals surface area contributed by atoms with Crippen LogP contribution in [-0.4, -0.2) is 4.92 Å². The summed E-state index contributed by atoms with van der Waals surface area (Å²) in [5.41, 5.74) is -1.20. The Morgan fingerprint density at radius 1 is 1.25 bits per heavy atom. The van der Waals surface area contributed by atoms with Crippen molar-refractivity contribution in [1.82, 2.24) is 0 Å². The lowest BCUT2D eigenvalue weighted by Gasteiger charge is -1.94. The highest BCUT2D eigenvalue weighted by molar-refractivity contribution is 5.32. The molecule has 0 atom stereocenters. The van der Waals surface area contributed by atoms with Crippen LogP contribution in [0.5, 0.6) is 0 Å². The van der Waals surface area contributed by atoms with E-state index in [2.05, 4.69) is 0 Å². The number of nitrogens with zero attached hydrogens (tertiary/aromatic N) is 1. The SMILES string of the molecule is O=[N+]([O-])c1cc(F)cc(F)c1F. The van der Waals surface area contributed by atoms with Crippen LogP contribution in [0.2, 0.25) is 0 Å². The van der Waals surface area contributed by atoms with Crippen molar-refractivity contribution in [2.75, 3.05) is 0 Å². The summed E-state index contributed by atoms with van der Waals surface area (Å²) >= 11 is 0. The first-order valence-corrected chi connectivity index (χ1v) is 2.81. The zero-order valence-corrected chi connectivity index (χ0v) is 5.55. The Balaban J connectivity index is 3.37. The van der Waals surface area contributed by atoms with Gasteiger partial charge in [0.1, 0.15) is 5.82 Å². The van der Waals surface area contributed by atoms with Crippen LogP contribution in [0.3, 0.4) is 0 Å². The number of halogens is 3. The molecule has 0 aromatic heterocycles. The number of hydrogen-bond acceptors (Lipinski definition) is 2. The number of rotatable bonds is 1. The molecule has 0 spiro atoms. The summed E-state index contributed by atoms with van der Waals surface area (Å²) in [4.78, 5) is 8.77. The summed E-state index contributed by atoms with van der Waals surface area (Å²) in [6.07, 6.45) is 0. The molecule has 3 nitrogen and oxygen atoms in total. The van der Waals surface area contributed by atoms with Crippen molar-refractivity contribution in [3.63, 3.8) is 0 Å². The lowest BCUT2D eigenvalue weighted by atomic mass is 10.3. The molecule has 0 saturated heterocycles. The van der Waals surface area contributed by atoms with E-state index in [1.807, 2.05) is 0 Å². The third-order valence-electron chi connectivity index (χ3n) is 1.17. The van der Waals surface area contributed by atoms with Gasteiger partial charge in [-0.3, -0.25) is 10.1 Å². The molecule has 0 radical (unpaired) electrons. The first kappa shape index (κ1) is 8.51. The molecule has 1 aromatic rings. The van der Waals surface area contributed by atoms with Crippen molar-refractivity contribution < 1.29 is 18.1 Å². The molecule has 1 aromatic carbocycles. The number of hydrogen-bond donors (Lipinski definition) is 0. The molecule has 0 heterocycles. The van der Waals surface area contributed by atoms with Crippen LogP contribution < -0.4 is 0 Å². The lowest BCUT2D eigenvalue weighted by molar-refractivity contribution is -0.388. The summed E-state index contributed by atoms with van der Waals surface area (Å²) in [5, 5.41) is 9.96. The second-order valence-electron chi connectivity index (χ2n) is 1.98. The van der Waals surface area contributed by atoms with Gasteiger partial charge in [-0.1, -0.05) is 0 Å². The smallest absolute Gasteiger partial charge is 0.258 e. The molecule has 6 heteroatoms. The summed E-state index contributed by atoms with van der Waals surface area (Å²) in [6.45, 7) is 0. The van der Waals surface area contributed by atoms with Gasteiger partial charge in [0.2, 0.25) is 5.82 Å². The summed E-state index contributed by atoms with van der Waals surface area (Å²) in [6, 6.07) is 0.556. The lowest BCUT2D eigenvalue weighted by Crippen LogP contribution is -1.96. The molecule has 0 unspecified atom stereocenters. The van der Waals surface area contributed by atoms with Gasteiger partial charge in [-0.05, 0) is 0 Å². The van der Waals surface area contributed by atoms with E-state index in [-0.39, 0.29) is 6.07 Å². The average Bonchev–Trinajstić information content (AvgIpc) is 1.96. The zero-order valence-electron chi connectivity index (χ0n) is 5.55. The molecule has 0 fully saturated rings. The Morgan fingerprint density at radius 3 is 2.33 bits per heavy atom. The van der Waals surface area contributed by atoms with Crippen LogP contribution >= 0.6 is 0 Å². The Morgan fingerprint density at radius 2 is 1.83 bits per heavy atom. The molecular formula is C6H2F3NO2. The van der Waals surface area contributed by atoms with Crippen molar-refractivity contribution in [3.05, 3.63) is 39.7 Å². The first-order valence-electron chi connectivity index (χ1n) is 2.81. The third kappa shape index (κ3) is 1.36. The molecule has 0 aliphatic heterocycles. The van der Waals surface area contributed by atoms with Crippen LogP contribution in [0.25, 0.3) is 0 Å². The molecule has 1 rings (SSSR count). The minimum Gasteiger partial charge on any atom is -0.258 e. The van der Waals surface area contributed by atoms with Crippen LogP contribution in [0.15, 0.2) is 12.1 Å². The predicted octanol–water partition coefficient (Wildman–Crippen LogP) is 2.01. The maximum absolute atomic E-state index is 12.4. The third-order valence-corrected chi connectivity index (χ3v) is 1.17. The number of nitro benzene ring substituents is 1. The normalized spacial score (nSPS) is 9.92. The Labute approximate surface area is 64.6 Å². The zero-order chi connectivity index (χ0) is 9.30. The Bertz CT molecular complexity index is 340. The van der Waals surface area contributed by atoms with Gasteiger partial charge in [-0.2, -0.15) is 4.39 Å². The molecule has 0 bridgehead atoms. The summed E-state index contributed by atoms with van der Waals surface area (Å²) in [7, 11) is 0. The van der Waals surface area contributed by atoms with Gasteiger partial charge in [0.15, 0.2) is 5.82 Å². The fourth-order valence-electron chi connectivity index (χ4n) is 0.675. The maximum atomic E-state index is 12.4. The monoisotopic (exact) mass is 177 g/mol. The molecule has 0 saturated carbocycles. The van der Waals surface area contributed by atoms with Crippen molar-refractivity contribution in [2.45, 2.75) is 0 Å². The van der Waals surface area contributed by atoms with Crippen molar-refractivity contribution in [3.8, 4) is 0 Å². The molecule has 64 valence electrons. The largest absolute Gasteiger partial charge is 0.310 e. The quantitative estimate of drug-likeness (QED) is 0.374. The van der Waals surface area contributed by atoms with Gasteiger partial charge >= 0.3 is 5.69 Å². The second kappa shape index (κ2) is 2.80. The highest BCUT2D eigenvalue weighted by Crippen LogP contribution is 2.20. The van der Waals surface area contributed by atoms with E-state index in [9.17, 15) is 23.3 Å². The molecule has 0 aliphatic rings. The van der Waals surface area contributed by atoms with Gasteiger partial charge in [0.05, 0.1) is 11.0 Å². The minimum atomic E-state index is -1.65. The minimum absolute atomic E-state index is 0.238. The van der Waals surface area contributed by atoms with E-state index >= 15 is 0 Å². The van der Waals surface area contributed by atoms with Gasteiger partial charge < -0.3 is 0 Å². The fraction of sp³-hybridized carbons (Fsp3) is 0. The fourth-order valence-corrected chi connectivity index (χ4v) is 0.675. The van der Waals surface area contributed by atoms with Gasteiger partial charge in [0.25, 0.3) is 0 Å². The standard InChI is InChI=1S/C6H2F3NO2/c7-3-1-4(8)6(9)5(2-3)10(11)12/h1-2H. The van der Waals surface area contributed by atoms with E-state index in [0.717, 1.165) is 0 Å². The van der Waals surface area contributed by atoms with Crippen LogP contribution in [-0.2, 0) is 0 Å². The van der Waals surface area contributed by atoms with Crippen molar-refractivity contribution >= 4 is 5.69 Å². The Hall–Kier alpha value is -1.59. The van der Waals surface area contributed by atoms with Crippen LogP contribution in [0.1, 0.15) is 0 Å².